The van der Waals surface area contributed by atoms with Gasteiger partial charge in [-0.25, -0.2) is 0 Å². The average molecular weight is 407 g/mol. The summed E-state index contributed by atoms with van der Waals surface area (Å²) in [5, 5.41) is 43.5. The van der Waals surface area contributed by atoms with Gasteiger partial charge in [0.05, 0.1) is 18.2 Å². The summed E-state index contributed by atoms with van der Waals surface area (Å²) in [6.07, 6.45) is -1.50. The third-order valence-electron chi connectivity index (χ3n) is 5.66. The summed E-state index contributed by atoms with van der Waals surface area (Å²) in [5.41, 5.74) is -0.755. The third kappa shape index (κ3) is 5.14. The number of likely N-dealkylation sites (tertiary alicyclic amines) is 1. The van der Waals surface area contributed by atoms with Crippen LogP contribution in [-0.4, -0.2) is 99.1 Å². The highest BCUT2D eigenvalue weighted by Crippen LogP contribution is 2.30. The molecule has 0 aliphatic carbocycles. The molecule has 158 valence electrons. The Balaban J connectivity index is 2.09. The van der Waals surface area contributed by atoms with Gasteiger partial charge < -0.3 is 30.5 Å². The van der Waals surface area contributed by atoms with Gasteiger partial charge in [0.2, 0.25) is 5.91 Å². The van der Waals surface area contributed by atoms with Crippen LogP contribution in [0.1, 0.15) is 33.1 Å². The molecule has 0 bridgehead atoms. The molecule has 27 heavy (non-hydrogen) atoms. The average Bonchev–Trinajstić information content (AvgIpc) is 2.99. The van der Waals surface area contributed by atoms with Crippen molar-refractivity contribution >= 4 is 17.7 Å². The summed E-state index contributed by atoms with van der Waals surface area (Å²) < 4.78 is 5.72. The van der Waals surface area contributed by atoms with Crippen LogP contribution in [-0.2, 0) is 9.53 Å². The van der Waals surface area contributed by atoms with Crippen molar-refractivity contribution in [3.05, 3.63) is 0 Å². The van der Waals surface area contributed by atoms with Gasteiger partial charge >= 0.3 is 0 Å². The van der Waals surface area contributed by atoms with Gasteiger partial charge in [-0.1, -0.05) is 13.3 Å². The molecule has 9 atom stereocenters. The molecule has 2 aliphatic heterocycles. The molecule has 1 amide bonds. The van der Waals surface area contributed by atoms with Crippen LogP contribution in [0, 0.1) is 5.92 Å². The molecule has 8 nitrogen and oxygen atoms in total. The molecule has 2 heterocycles. The zero-order chi connectivity index (χ0) is 20.3. The Hall–Kier alpha value is -0.420. The fourth-order valence-electron chi connectivity index (χ4n) is 4.13. The van der Waals surface area contributed by atoms with Crippen molar-refractivity contribution in [2.24, 2.45) is 5.92 Å². The maximum absolute atomic E-state index is 12.8. The zero-order valence-corrected chi connectivity index (χ0v) is 17.3. The monoisotopic (exact) mass is 406 g/mol. The van der Waals surface area contributed by atoms with Crippen LogP contribution < -0.4 is 5.32 Å². The topological polar surface area (TPSA) is 122 Å². The molecule has 0 aromatic heterocycles. The van der Waals surface area contributed by atoms with E-state index in [0.29, 0.717) is 5.92 Å². The molecule has 5 N–H and O–H groups in total. The number of carbonyl (C=O) groups is 1. The van der Waals surface area contributed by atoms with Crippen LogP contribution in [0.2, 0.25) is 0 Å². The first-order valence-corrected chi connectivity index (χ1v) is 10.9. The van der Waals surface area contributed by atoms with Gasteiger partial charge in [-0.05, 0) is 39.0 Å². The van der Waals surface area contributed by atoms with Crippen LogP contribution >= 0.6 is 11.8 Å². The lowest BCUT2D eigenvalue weighted by Gasteiger charge is -2.44. The number of aliphatic hydroxyl groups is 4. The van der Waals surface area contributed by atoms with Crippen LogP contribution in [0.5, 0.6) is 0 Å². The van der Waals surface area contributed by atoms with E-state index in [0.717, 1.165) is 25.8 Å². The maximum Gasteiger partial charge on any atom is 0.237 e. The largest absolute Gasteiger partial charge is 0.391 e. The highest BCUT2D eigenvalue weighted by molar-refractivity contribution is 7.99. The van der Waals surface area contributed by atoms with Crippen molar-refractivity contribution in [2.75, 3.05) is 19.8 Å². The Morgan fingerprint density at radius 3 is 2.52 bits per heavy atom. The molecule has 0 aromatic carbocycles. The van der Waals surface area contributed by atoms with E-state index in [9.17, 15) is 25.2 Å². The molecule has 0 aromatic rings. The number of nitrogens with one attached hydrogen (secondary N) is 1. The molecule has 2 rings (SSSR count). The highest BCUT2D eigenvalue weighted by Gasteiger charge is 2.48. The van der Waals surface area contributed by atoms with Crippen molar-refractivity contribution in [1.82, 2.24) is 10.2 Å². The van der Waals surface area contributed by atoms with E-state index in [1.165, 1.54) is 18.7 Å². The van der Waals surface area contributed by atoms with Gasteiger partial charge in [0.1, 0.15) is 29.9 Å². The first-order chi connectivity index (χ1) is 12.7. The van der Waals surface area contributed by atoms with Crippen LogP contribution in [0.4, 0.5) is 0 Å². The summed E-state index contributed by atoms with van der Waals surface area (Å²) >= 11 is 1.20. The number of nitrogens with zero attached hydrogens (tertiary/aromatic N) is 1. The molecule has 0 saturated carbocycles. The summed E-state index contributed by atoms with van der Waals surface area (Å²) in [6.45, 7) is 4.48. The SMILES string of the molecule is CCC[C@@H]1C[C@@H](C(=O)N[C@H](C(C)O)[C@H]2O[C@H](SC)[C@H](O)[C@@H](O)[C@@H]2O)N(C)C1. The number of amides is 1. The van der Waals surface area contributed by atoms with Gasteiger partial charge in [-0.2, -0.15) is 0 Å². The number of rotatable bonds is 7. The first kappa shape index (κ1) is 22.9. The van der Waals surface area contributed by atoms with Gasteiger partial charge in [0, 0.05) is 6.54 Å². The number of aliphatic hydroxyl groups excluding tert-OH is 4. The second-order valence-electron chi connectivity index (χ2n) is 7.80. The van der Waals surface area contributed by atoms with Gasteiger partial charge in [0.25, 0.3) is 0 Å². The molecule has 1 unspecified atom stereocenters. The van der Waals surface area contributed by atoms with Crippen molar-refractivity contribution in [1.29, 1.82) is 0 Å². The van der Waals surface area contributed by atoms with Crippen molar-refractivity contribution in [3.8, 4) is 0 Å². The molecule has 2 saturated heterocycles. The minimum atomic E-state index is -1.42. The summed E-state index contributed by atoms with van der Waals surface area (Å²) in [7, 11) is 1.91. The Labute approximate surface area is 165 Å². The van der Waals surface area contributed by atoms with E-state index in [-0.39, 0.29) is 11.9 Å². The number of ether oxygens (including phenoxy) is 1. The Kier molecular flexibility index (Phi) is 8.35. The first-order valence-electron chi connectivity index (χ1n) is 9.62. The maximum atomic E-state index is 12.8. The number of hydrogen-bond acceptors (Lipinski definition) is 8. The predicted molar refractivity (Wildman–Crippen MR) is 103 cm³/mol. The van der Waals surface area contributed by atoms with E-state index in [1.807, 2.05) is 11.9 Å². The van der Waals surface area contributed by atoms with Gasteiger partial charge in [0.15, 0.2) is 0 Å². The van der Waals surface area contributed by atoms with E-state index >= 15 is 0 Å². The highest BCUT2D eigenvalue weighted by atomic mass is 32.2. The minimum absolute atomic E-state index is 0.223. The summed E-state index contributed by atoms with van der Waals surface area (Å²) in [5.74, 6) is 0.245. The van der Waals surface area contributed by atoms with Crippen LogP contribution in [0.15, 0.2) is 0 Å². The Bertz CT molecular complexity index is 494. The summed E-state index contributed by atoms with van der Waals surface area (Å²) in [6, 6.07) is -1.20. The standard InChI is InChI=1S/C18H34N2O6S/c1-5-6-10-7-11(20(3)8-10)17(25)19-12(9(2)21)16-14(23)13(22)15(24)18(26-16)27-4/h9-16,18,21-24H,5-8H2,1-4H3,(H,19,25)/t9?,10-,11+,12-,13+,14+,15-,16-,18-/m1/s1. The Morgan fingerprint density at radius 1 is 1.30 bits per heavy atom. The number of carbonyl (C=O) groups excluding carboxylic acids is 1. The molecule has 0 radical (unpaired) electrons. The lowest BCUT2D eigenvalue weighted by molar-refractivity contribution is -0.211. The van der Waals surface area contributed by atoms with E-state index in [1.54, 1.807) is 6.26 Å². The van der Waals surface area contributed by atoms with Crippen molar-refractivity contribution < 1.29 is 30.0 Å². The molecule has 2 aliphatic rings. The lowest BCUT2D eigenvalue weighted by Crippen LogP contribution is -2.65. The molecule has 0 spiro atoms. The van der Waals surface area contributed by atoms with Crippen LogP contribution in [0.3, 0.4) is 0 Å². The molecular weight excluding hydrogens is 372 g/mol. The van der Waals surface area contributed by atoms with E-state index in [2.05, 4.69) is 12.2 Å². The normalized spacial score (nSPS) is 39.9. The van der Waals surface area contributed by atoms with E-state index < -0.39 is 42.0 Å². The fraction of sp³-hybridized carbons (Fsp3) is 0.944. The molecular formula is C18H34N2O6S. The van der Waals surface area contributed by atoms with Gasteiger partial charge in [-0.15, -0.1) is 11.8 Å². The second kappa shape index (κ2) is 9.87. The smallest absolute Gasteiger partial charge is 0.237 e. The molecule has 9 heteroatoms. The second-order valence-corrected chi connectivity index (χ2v) is 8.73. The lowest BCUT2D eigenvalue weighted by atomic mass is 9.92. The number of thioether (sulfide) groups is 1. The third-order valence-corrected chi connectivity index (χ3v) is 6.51. The van der Waals surface area contributed by atoms with Crippen molar-refractivity contribution in [2.45, 2.75) is 81.1 Å². The van der Waals surface area contributed by atoms with Gasteiger partial charge in [-0.3, -0.25) is 9.69 Å². The number of hydrogen-bond donors (Lipinski definition) is 5. The minimum Gasteiger partial charge on any atom is -0.391 e. The fourth-order valence-corrected chi connectivity index (χ4v) is 4.81. The van der Waals surface area contributed by atoms with E-state index in [4.69, 9.17) is 4.74 Å². The number of likely N-dealkylation sites (N-methyl/N-ethyl adjacent to an activating group) is 1. The van der Waals surface area contributed by atoms with Crippen molar-refractivity contribution in [3.63, 3.8) is 0 Å². The summed E-state index contributed by atoms with van der Waals surface area (Å²) in [4.78, 5) is 14.9. The molecule has 2 fully saturated rings. The predicted octanol–water partition coefficient (Wildman–Crippen LogP) is -0.857. The zero-order valence-electron chi connectivity index (χ0n) is 16.5. The van der Waals surface area contributed by atoms with Crippen LogP contribution in [0.25, 0.3) is 0 Å². The quantitative estimate of drug-likeness (QED) is 0.370. The Morgan fingerprint density at radius 2 is 1.96 bits per heavy atom.